The summed E-state index contributed by atoms with van der Waals surface area (Å²) in [5.41, 5.74) is 2.46. The molecule has 0 atom stereocenters. The van der Waals surface area contributed by atoms with Gasteiger partial charge in [0.25, 0.3) is 11.8 Å². The van der Waals surface area contributed by atoms with E-state index in [0.29, 0.717) is 22.4 Å². The van der Waals surface area contributed by atoms with Gasteiger partial charge in [-0.2, -0.15) is 0 Å². The fourth-order valence-corrected chi connectivity index (χ4v) is 3.69. The first-order valence-corrected chi connectivity index (χ1v) is 9.93. The largest absolute Gasteiger partial charge is 0.355 e. The minimum absolute atomic E-state index is 0.0240. The van der Waals surface area contributed by atoms with Crippen molar-refractivity contribution in [1.82, 2.24) is 10.0 Å². The number of amides is 2. The van der Waals surface area contributed by atoms with Crippen LogP contribution in [0.25, 0.3) is 0 Å². The SMILES string of the molecule is CCNS(=O)(=O)c1ccc(C)c(C(=O)Nc2cccc(C(=O)NC)c2C)c1. The third-order valence-corrected chi connectivity index (χ3v) is 5.70. The van der Waals surface area contributed by atoms with Gasteiger partial charge in [-0.15, -0.1) is 0 Å². The molecule has 0 radical (unpaired) electrons. The van der Waals surface area contributed by atoms with Crippen molar-refractivity contribution >= 4 is 27.5 Å². The predicted octanol–water partition coefficient (Wildman–Crippen LogP) is 2.21. The van der Waals surface area contributed by atoms with E-state index in [-0.39, 0.29) is 22.9 Å². The van der Waals surface area contributed by atoms with Gasteiger partial charge in [-0.1, -0.05) is 19.1 Å². The summed E-state index contributed by atoms with van der Waals surface area (Å²) in [5.74, 6) is -0.697. The highest BCUT2D eigenvalue weighted by atomic mass is 32.2. The monoisotopic (exact) mass is 389 g/mol. The number of hydrogen-bond acceptors (Lipinski definition) is 4. The fourth-order valence-electron chi connectivity index (χ4n) is 2.63. The van der Waals surface area contributed by atoms with Crippen molar-refractivity contribution in [3.63, 3.8) is 0 Å². The molecule has 0 heterocycles. The normalized spacial score (nSPS) is 11.1. The molecule has 0 spiro atoms. The maximum atomic E-state index is 12.7. The lowest BCUT2D eigenvalue weighted by Crippen LogP contribution is -2.24. The van der Waals surface area contributed by atoms with Gasteiger partial charge in [-0.3, -0.25) is 9.59 Å². The Bertz CT molecular complexity index is 984. The summed E-state index contributed by atoms with van der Waals surface area (Å²) in [6.45, 7) is 5.40. The number of carbonyl (C=O) groups is 2. The summed E-state index contributed by atoms with van der Waals surface area (Å²) < 4.78 is 26.8. The molecule has 0 fully saturated rings. The average Bonchev–Trinajstić information content (AvgIpc) is 2.62. The van der Waals surface area contributed by atoms with Crippen LogP contribution in [0.2, 0.25) is 0 Å². The van der Waals surface area contributed by atoms with Crippen LogP contribution in [0.4, 0.5) is 5.69 Å². The number of carbonyl (C=O) groups excluding carboxylic acids is 2. The highest BCUT2D eigenvalue weighted by molar-refractivity contribution is 7.89. The molecule has 2 aromatic carbocycles. The Morgan fingerprint density at radius 1 is 1.00 bits per heavy atom. The quantitative estimate of drug-likeness (QED) is 0.704. The molecule has 2 rings (SSSR count). The van der Waals surface area contributed by atoms with E-state index in [9.17, 15) is 18.0 Å². The van der Waals surface area contributed by atoms with Crippen molar-refractivity contribution in [2.24, 2.45) is 0 Å². The number of benzene rings is 2. The molecule has 0 unspecified atom stereocenters. The molecule has 0 saturated heterocycles. The van der Waals surface area contributed by atoms with Crippen LogP contribution < -0.4 is 15.4 Å². The number of hydrogen-bond donors (Lipinski definition) is 3. The summed E-state index contributed by atoms with van der Waals surface area (Å²) in [6.07, 6.45) is 0. The maximum absolute atomic E-state index is 12.7. The van der Waals surface area contributed by atoms with Crippen molar-refractivity contribution in [3.05, 3.63) is 58.7 Å². The first-order valence-electron chi connectivity index (χ1n) is 8.44. The van der Waals surface area contributed by atoms with E-state index in [4.69, 9.17) is 0 Å². The fraction of sp³-hybridized carbons (Fsp3) is 0.263. The van der Waals surface area contributed by atoms with Gasteiger partial charge in [0.2, 0.25) is 10.0 Å². The van der Waals surface area contributed by atoms with Crippen LogP contribution in [-0.4, -0.2) is 33.8 Å². The van der Waals surface area contributed by atoms with Crippen molar-refractivity contribution in [3.8, 4) is 0 Å². The van der Waals surface area contributed by atoms with E-state index >= 15 is 0 Å². The summed E-state index contributed by atoms with van der Waals surface area (Å²) in [6, 6.07) is 9.42. The summed E-state index contributed by atoms with van der Waals surface area (Å²) in [7, 11) is -2.13. The lowest BCUT2D eigenvalue weighted by Gasteiger charge is -2.14. The molecule has 7 nitrogen and oxygen atoms in total. The second-order valence-electron chi connectivity index (χ2n) is 5.99. The third kappa shape index (κ3) is 4.53. The third-order valence-electron chi connectivity index (χ3n) is 4.15. The molecule has 0 bridgehead atoms. The van der Waals surface area contributed by atoms with Gasteiger partial charge in [-0.25, -0.2) is 13.1 Å². The van der Waals surface area contributed by atoms with Crippen molar-refractivity contribution in [2.45, 2.75) is 25.7 Å². The molecule has 0 aliphatic carbocycles. The minimum Gasteiger partial charge on any atom is -0.355 e. The zero-order valence-electron chi connectivity index (χ0n) is 15.7. The van der Waals surface area contributed by atoms with Crippen LogP contribution in [0.5, 0.6) is 0 Å². The van der Waals surface area contributed by atoms with Crippen molar-refractivity contribution < 1.29 is 18.0 Å². The molecule has 3 N–H and O–H groups in total. The molecular weight excluding hydrogens is 366 g/mol. The van der Waals surface area contributed by atoms with E-state index in [1.807, 2.05) is 0 Å². The van der Waals surface area contributed by atoms with E-state index < -0.39 is 15.9 Å². The summed E-state index contributed by atoms with van der Waals surface area (Å²) in [4.78, 5) is 24.7. The van der Waals surface area contributed by atoms with Crippen molar-refractivity contribution in [2.75, 3.05) is 18.9 Å². The average molecular weight is 389 g/mol. The zero-order chi connectivity index (χ0) is 20.2. The van der Waals surface area contributed by atoms with Crippen LogP contribution in [0.3, 0.4) is 0 Å². The maximum Gasteiger partial charge on any atom is 0.255 e. The molecule has 0 aromatic heterocycles. The van der Waals surface area contributed by atoms with E-state index in [1.165, 1.54) is 19.2 Å². The highest BCUT2D eigenvalue weighted by Crippen LogP contribution is 2.22. The highest BCUT2D eigenvalue weighted by Gasteiger charge is 2.18. The molecule has 2 aromatic rings. The van der Waals surface area contributed by atoms with Gasteiger partial charge < -0.3 is 10.6 Å². The zero-order valence-corrected chi connectivity index (χ0v) is 16.5. The summed E-state index contributed by atoms with van der Waals surface area (Å²) in [5, 5.41) is 5.32. The molecule has 0 aliphatic rings. The number of anilines is 1. The van der Waals surface area contributed by atoms with Gasteiger partial charge in [-0.05, 0) is 49.2 Å². The van der Waals surface area contributed by atoms with Gasteiger partial charge in [0, 0.05) is 30.4 Å². The van der Waals surface area contributed by atoms with E-state index in [0.717, 1.165) is 0 Å². The molecular formula is C19H23N3O4S. The molecule has 2 amide bonds. The summed E-state index contributed by atoms with van der Waals surface area (Å²) >= 11 is 0. The Morgan fingerprint density at radius 2 is 1.70 bits per heavy atom. The van der Waals surface area contributed by atoms with Crippen molar-refractivity contribution in [1.29, 1.82) is 0 Å². The molecule has 144 valence electrons. The van der Waals surface area contributed by atoms with Crippen LogP contribution in [0.15, 0.2) is 41.3 Å². The number of nitrogens with one attached hydrogen (secondary N) is 3. The standard InChI is InChI=1S/C19H23N3O4S/c1-5-21-27(25,26)14-10-9-12(2)16(11-14)19(24)22-17-8-6-7-15(13(17)3)18(23)20-4/h6-11,21H,5H2,1-4H3,(H,20,23)(H,22,24). The first kappa shape index (κ1) is 20.6. The molecule has 8 heteroatoms. The molecule has 0 aliphatic heterocycles. The van der Waals surface area contributed by atoms with Gasteiger partial charge >= 0.3 is 0 Å². The Kier molecular flexibility index (Phi) is 6.35. The van der Waals surface area contributed by atoms with Crippen LogP contribution in [-0.2, 0) is 10.0 Å². The van der Waals surface area contributed by atoms with Gasteiger partial charge in [0.1, 0.15) is 0 Å². The van der Waals surface area contributed by atoms with Crippen LogP contribution >= 0.6 is 0 Å². The Hall–Kier alpha value is -2.71. The Labute approximate surface area is 159 Å². The lowest BCUT2D eigenvalue weighted by molar-refractivity contribution is 0.0960. The predicted molar refractivity (Wildman–Crippen MR) is 105 cm³/mol. The first-order chi connectivity index (χ1) is 12.7. The number of sulfonamides is 1. The molecule has 27 heavy (non-hydrogen) atoms. The van der Waals surface area contributed by atoms with Crippen LogP contribution in [0.1, 0.15) is 38.8 Å². The molecule has 0 saturated carbocycles. The topological polar surface area (TPSA) is 104 Å². The Morgan fingerprint density at radius 3 is 2.33 bits per heavy atom. The van der Waals surface area contributed by atoms with Crippen LogP contribution in [0, 0.1) is 13.8 Å². The van der Waals surface area contributed by atoms with Gasteiger partial charge in [0.15, 0.2) is 0 Å². The second kappa shape index (κ2) is 8.32. The van der Waals surface area contributed by atoms with E-state index in [1.54, 1.807) is 45.0 Å². The smallest absolute Gasteiger partial charge is 0.255 e. The number of rotatable bonds is 6. The minimum atomic E-state index is -3.67. The van der Waals surface area contributed by atoms with Gasteiger partial charge in [0.05, 0.1) is 4.90 Å². The lowest BCUT2D eigenvalue weighted by atomic mass is 10.0. The number of aryl methyl sites for hydroxylation is 1. The second-order valence-corrected chi connectivity index (χ2v) is 7.76. The van der Waals surface area contributed by atoms with E-state index in [2.05, 4.69) is 15.4 Å². The Balaban J connectivity index is 2.38.